The predicted molar refractivity (Wildman–Crippen MR) is 62.6 cm³/mol. The zero-order chi connectivity index (χ0) is 14.0. The minimum Gasteiger partial charge on any atom is -0.476 e. The topological polar surface area (TPSA) is 59.4 Å². The van der Waals surface area contributed by atoms with Crippen molar-refractivity contribution < 1.29 is 23.4 Å². The van der Waals surface area contributed by atoms with Gasteiger partial charge in [0.15, 0.2) is 17.3 Å². The van der Waals surface area contributed by atoms with Crippen LogP contribution in [0.1, 0.15) is 10.5 Å². The molecule has 0 saturated heterocycles. The normalized spacial score (nSPS) is 10.3. The first-order valence-corrected chi connectivity index (χ1v) is 5.38. The second kappa shape index (κ2) is 5.19. The maximum absolute atomic E-state index is 13.3. The molecule has 0 spiro atoms. The van der Waals surface area contributed by atoms with Crippen LogP contribution in [0.15, 0.2) is 30.3 Å². The fraction of sp³-hybridized carbons (Fsp3) is 0. The van der Waals surface area contributed by atoms with Crippen molar-refractivity contribution in [2.24, 2.45) is 0 Å². The highest BCUT2D eigenvalue weighted by Gasteiger charge is 2.14. The van der Waals surface area contributed by atoms with E-state index in [1.54, 1.807) is 0 Å². The van der Waals surface area contributed by atoms with Crippen molar-refractivity contribution in [1.82, 2.24) is 4.98 Å². The number of hydrogen-bond acceptors (Lipinski definition) is 3. The van der Waals surface area contributed by atoms with Gasteiger partial charge in [0, 0.05) is 12.1 Å². The van der Waals surface area contributed by atoms with E-state index in [1.165, 1.54) is 12.1 Å². The van der Waals surface area contributed by atoms with E-state index in [4.69, 9.17) is 21.4 Å². The van der Waals surface area contributed by atoms with E-state index in [-0.39, 0.29) is 10.9 Å². The standard InChI is InChI=1S/C12H6ClF2NO3/c13-7-2-4-10(16-11(7)12(17)18)19-9-5-6(14)1-3-8(9)15/h1-5H,(H,17,18). The van der Waals surface area contributed by atoms with E-state index in [2.05, 4.69) is 4.98 Å². The molecule has 0 aliphatic rings. The number of carbonyl (C=O) groups is 1. The molecule has 1 aromatic heterocycles. The van der Waals surface area contributed by atoms with Gasteiger partial charge >= 0.3 is 5.97 Å². The molecule has 2 aromatic rings. The van der Waals surface area contributed by atoms with Crippen molar-refractivity contribution in [2.75, 3.05) is 0 Å². The molecule has 1 heterocycles. The first-order chi connectivity index (χ1) is 8.97. The lowest BCUT2D eigenvalue weighted by Crippen LogP contribution is -2.02. The SMILES string of the molecule is O=C(O)c1nc(Oc2cc(F)ccc2F)ccc1Cl. The lowest BCUT2D eigenvalue weighted by Gasteiger charge is -2.07. The van der Waals surface area contributed by atoms with Crippen LogP contribution in [0.2, 0.25) is 5.02 Å². The smallest absolute Gasteiger partial charge is 0.356 e. The van der Waals surface area contributed by atoms with Crippen molar-refractivity contribution in [3.05, 3.63) is 52.7 Å². The van der Waals surface area contributed by atoms with Gasteiger partial charge in [0.05, 0.1) is 5.02 Å². The second-order valence-corrected chi connectivity index (χ2v) is 3.87. The molecule has 0 fully saturated rings. The Hall–Kier alpha value is -2.21. The summed E-state index contributed by atoms with van der Waals surface area (Å²) < 4.78 is 31.3. The van der Waals surface area contributed by atoms with Crippen LogP contribution in [0.5, 0.6) is 11.6 Å². The molecule has 4 nitrogen and oxygen atoms in total. The number of rotatable bonds is 3. The first kappa shape index (κ1) is 13.2. The maximum atomic E-state index is 13.3. The summed E-state index contributed by atoms with van der Waals surface area (Å²) in [5, 5.41) is 8.73. The highest BCUT2D eigenvalue weighted by atomic mass is 35.5. The van der Waals surface area contributed by atoms with Crippen LogP contribution in [0.3, 0.4) is 0 Å². The van der Waals surface area contributed by atoms with Crippen LogP contribution in [0.25, 0.3) is 0 Å². The zero-order valence-electron chi connectivity index (χ0n) is 9.23. The van der Waals surface area contributed by atoms with Crippen LogP contribution in [0.4, 0.5) is 8.78 Å². The minimum absolute atomic E-state index is 0.0837. The van der Waals surface area contributed by atoms with Gasteiger partial charge in [-0.2, -0.15) is 0 Å². The summed E-state index contributed by atoms with van der Waals surface area (Å²) in [5.74, 6) is -3.44. The molecule has 0 radical (unpaired) electrons. The molecule has 0 aliphatic heterocycles. The Morgan fingerprint density at radius 1 is 1.26 bits per heavy atom. The summed E-state index contributed by atoms with van der Waals surface area (Å²) in [5.41, 5.74) is -0.434. The fourth-order valence-electron chi connectivity index (χ4n) is 1.30. The van der Waals surface area contributed by atoms with E-state index in [0.29, 0.717) is 0 Å². The number of benzene rings is 1. The predicted octanol–water partition coefficient (Wildman–Crippen LogP) is 3.50. The van der Waals surface area contributed by atoms with Crippen LogP contribution in [-0.4, -0.2) is 16.1 Å². The number of ether oxygens (including phenoxy) is 1. The first-order valence-electron chi connectivity index (χ1n) is 5.00. The summed E-state index contributed by atoms with van der Waals surface area (Å²) >= 11 is 5.62. The molecule has 0 amide bonds. The van der Waals surface area contributed by atoms with Gasteiger partial charge in [-0.25, -0.2) is 18.6 Å². The Kier molecular flexibility index (Phi) is 3.62. The Bertz CT molecular complexity index is 649. The number of carboxylic acids is 1. The molecule has 1 aromatic carbocycles. The third kappa shape index (κ3) is 2.97. The Morgan fingerprint density at radius 2 is 2.00 bits per heavy atom. The van der Waals surface area contributed by atoms with E-state index in [0.717, 1.165) is 18.2 Å². The molecular weight excluding hydrogens is 280 g/mol. The number of hydrogen-bond donors (Lipinski definition) is 1. The van der Waals surface area contributed by atoms with Crippen LogP contribution < -0.4 is 4.74 Å². The van der Waals surface area contributed by atoms with Crippen LogP contribution in [-0.2, 0) is 0 Å². The average Bonchev–Trinajstić information content (AvgIpc) is 2.36. The van der Waals surface area contributed by atoms with Crippen molar-refractivity contribution in [3.63, 3.8) is 0 Å². The molecule has 19 heavy (non-hydrogen) atoms. The quantitative estimate of drug-likeness (QED) is 0.937. The number of pyridine rings is 1. The summed E-state index contributed by atoms with van der Waals surface area (Å²) in [6.45, 7) is 0. The van der Waals surface area contributed by atoms with E-state index < -0.39 is 29.0 Å². The molecule has 98 valence electrons. The molecule has 0 aliphatic carbocycles. The molecule has 7 heteroatoms. The Morgan fingerprint density at radius 3 is 2.68 bits per heavy atom. The van der Waals surface area contributed by atoms with Gasteiger partial charge in [-0.3, -0.25) is 0 Å². The largest absolute Gasteiger partial charge is 0.476 e. The third-order valence-electron chi connectivity index (χ3n) is 2.13. The average molecular weight is 286 g/mol. The van der Waals surface area contributed by atoms with Gasteiger partial charge in [-0.1, -0.05) is 11.6 Å². The second-order valence-electron chi connectivity index (χ2n) is 3.46. The van der Waals surface area contributed by atoms with Gasteiger partial charge in [0.25, 0.3) is 0 Å². The highest BCUT2D eigenvalue weighted by molar-refractivity contribution is 6.33. The molecule has 0 unspecified atom stereocenters. The van der Waals surface area contributed by atoms with Gasteiger partial charge in [0.2, 0.25) is 5.88 Å². The molecule has 0 atom stereocenters. The van der Waals surface area contributed by atoms with Gasteiger partial charge in [-0.05, 0) is 18.2 Å². The summed E-state index contributed by atoms with van der Waals surface area (Å²) in [6.07, 6.45) is 0. The molecule has 0 bridgehead atoms. The molecule has 1 N–H and O–H groups in total. The van der Waals surface area contributed by atoms with Gasteiger partial charge in [-0.15, -0.1) is 0 Å². The zero-order valence-corrected chi connectivity index (χ0v) is 9.99. The lowest BCUT2D eigenvalue weighted by atomic mass is 10.3. The van der Waals surface area contributed by atoms with Crippen LogP contribution in [0, 0.1) is 11.6 Å². The third-order valence-corrected chi connectivity index (χ3v) is 2.44. The maximum Gasteiger partial charge on any atom is 0.356 e. The summed E-state index contributed by atoms with van der Waals surface area (Å²) in [7, 11) is 0. The van der Waals surface area contributed by atoms with E-state index in [1.807, 2.05) is 0 Å². The molecular formula is C12H6ClF2NO3. The van der Waals surface area contributed by atoms with Crippen molar-refractivity contribution >= 4 is 17.6 Å². The molecule has 2 rings (SSSR count). The molecule has 0 saturated carbocycles. The van der Waals surface area contributed by atoms with Crippen molar-refractivity contribution in [1.29, 1.82) is 0 Å². The minimum atomic E-state index is -1.35. The van der Waals surface area contributed by atoms with Gasteiger partial charge in [0.1, 0.15) is 5.82 Å². The number of aromatic carboxylic acids is 1. The van der Waals surface area contributed by atoms with E-state index >= 15 is 0 Å². The fourth-order valence-corrected chi connectivity index (χ4v) is 1.49. The number of aromatic nitrogens is 1. The number of carboxylic acid groups (broad SMARTS) is 1. The van der Waals surface area contributed by atoms with Crippen molar-refractivity contribution in [3.8, 4) is 11.6 Å². The Labute approximate surface area is 111 Å². The van der Waals surface area contributed by atoms with E-state index in [9.17, 15) is 13.6 Å². The van der Waals surface area contributed by atoms with Gasteiger partial charge < -0.3 is 9.84 Å². The highest BCUT2D eigenvalue weighted by Crippen LogP contribution is 2.26. The number of nitrogens with zero attached hydrogens (tertiary/aromatic N) is 1. The summed E-state index contributed by atoms with van der Waals surface area (Å²) in [6, 6.07) is 5.13. The van der Waals surface area contributed by atoms with Crippen LogP contribution >= 0.6 is 11.6 Å². The Balaban J connectivity index is 2.36. The van der Waals surface area contributed by atoms with Crippen molar-refractivity contribution in [2.45, 2.75) is 0 Å². The lowest BCUT2D eigenvalue weighted by molar-refractivity contribution is 0.0690. The monoisotopic (exact) mass is 285 g/mol. The number of halogens is 3. The summed E-state index contributed by atoms with van der Waals surface area (Å²) in [4.78, 5) is 14.4.